The zero-order valence-electron chi connectivity index (χ0n) is 16.3. The van der Waals surface area contributed by atoms with Gasteiger partial charge in [-0.15, -0.1) is 0 Å². The van der Waals surface area contributed by atoms with Crippen LogP contribution in [0.2, 0.25) is 0 Å². The second kappa shape index (κ2) is 8.37. The molecule has 2 aliphatic heterocycles. The lowest BCUT2D eigenvalue weighted by Crippen LogP contribution is -2.36. The van der Waals surface area contributed by atoms with Crippen molar-refractivity contribution < 1.29 is 18.0 Å². The minimum absolute atomic E-state index is 0.147. The lowest BCUT2D eigenvalue weighted by molar-refractivity contribution is -0.118. The minimum atomic E-state index is -3.58. The topological polar surface area (TPSA) is 99.2 Å². The van der Waals surface area contributed by atoms with Gasteiger partial charge in [0.1, 0.15) is 5.71 Å². The van der Waals surface area contributed by atoms with Gasteiger partial charge in [0.15, 0.2) is 0 Å². The fourth-order valence-electron chi connectivity index (χ4n) is 3.50. The van der Waals surface area contributed by atoms with E-state index in [0.29, 0.717) is 24.5 Å². The fourth-order valence-corrected chi connectivity index (χ4v) is 5.07. The van der Waals surface area contributed by atoms with Gasteiger partial charge >= 0.3 is 0 Å². The molecular weight excluding hydrogens is 404 g/mol. The molecule has 1 fully saturated rings. The Morgan fingerprint density at radius 1 is 0.967 bits per heavy atom. The van der Waals surface area contributed by atoms with Crippen molar-refractivity contribution in [3.8, 4) is 0 Å². The van der Waals surface area contributed by atoms with E-state index in [0.717, 1.165) is 12.8 Å². The van der Waals surface area contributed by atoms with E-state index in [1.165, 1.54) is 21.4 Å². The van der Waals surface area contributed by atoms with E-state index in [1.807, 2.05) is 6.07 Å². The Bertz CT molecular complexity index is 1090. The van der Waals surface area contributed by atoms with Crippen LogP contribution in [0.5, 0.6) is 0 Å². The average molecular weight is 426 g/mol. The van der Waals surface area contributed by atoms with Gasteiger partial charge in [0.05, 0.1) is 10.6 Å². The van der Waals surface area contributed by atoms with E-state index in [2.05, 4.69) is 10.4 Å². The Kier molecular flexibility index (Phi) is 5.65. The van der Waals surface area contributed by atoms with Gasteiger partial charge in [-0.05, 0) is 43.2 Å². The number of amides is 2. The number of carbonyl (C=O) groups is 2. The molecule has 156 valence electrons. The second-order valence-corrected chi connectivity index (χ2v) is 9.12. The molecule has 1 saturated heterocycles. The van der Waals surface area contributed by atoms with Gasteiger partial charge in [-0.3, -0.25) is 9.59 Å². The monoisotopic (exact) mass is 426 g/mol. The summed E-state index contributed by atoms with van der Waals surface area (Å²) in [5.74, 6) is -0.643. The van der Waals surface area contributed by atoms with Crippen molar-refractivity contribution in [2.75, 3.05) is 23.4 Å². The number of rotatable bonds is 5. The zero-order valence-corrected chi connectivity index (χ0v) is 17.1. The Morgan fingerprint density at radius 2 is 1.70 bits per heavy atom. The van der Waals surface area contributed by atoms with Crippen LogP contribution in [0.4, 0.5) is 11.4 Å². The molecule has 0 radical (unpaired) electrons. The smallest absolute Gasteiger partial charge is 0.271 e. The van der Waals surface area contributed by atoms with Crippen LogP contribution < -0.4 is 10.3 Å². The molecule has 2 aliphatic rings. The van der Waals surface area contributed by atoms with Crippen molar-refractivity contribution >= 4 is 38.9 Å². The van der Waals surface area contributed by atoms with Gasteiger partial charge in [-0.1, -0.05) is 24.3 Å². The summed E-state index contributed by atoms with van der Waals surface area (Å²) in [6.07, 6.45) is 2.10. The first-order valence-corrected chi connectivity index (χ1v) is 11.3. The summed E-state index contributed by atoms with van der Waals surface area (Å²) in [6, 6.07) is 15.1. The third-order valence-corrected chi connectivity index (χ3v) is 6.98. The van der Waals surface area contributed by atoms with Crippen molar-refractivity contribution in [3.05, 3.63) is 54.6 Å². The van der Waals surface area contributed by atoms with Crippen LogP contribution in [0, 0.1) is 0 Å². The van der Waals surface area contributed by atoms with Gasteiger partial charge < -0.3 is 5.32 Å². The number of carbonyl (C=O) groups excluding carboxylic acids is 2. The molecule has 0 bridgehead atoms. The first kappa shape index (κ1) is 20.2. The Morgan fingerprint density at radius 3 is 2.43 bits per heavy atom. The highest BCUT2D eigenvalue weighted by Gasteiger charge is 2.28. The number of hydrogen-bond acceptors (Lipinski definition) is 5. The first-order valence-electron chi connectivity index (χ1n) is 9.82. The van der Waals surface area contributed by atoms with Crippen LogP contribution in [-0.4, -0.2) is 43.3 Å². The predicted octanol–water partition coefficient (Wildman–Crippen LogP) is 2.59. The molecule has 4 rings (SSSR count). The summed E-state index contributed by atoms with van der Waals surface area (Å²) in [6.45, 7) is 1.03. The molecule has 30 heavy (non-hydrogen) atoms. The molecule has 0 aromatic heterocycles. The summed E-state index contributed by atoms with van der Waals surface area (Å²) < 4.78 is 27.0. The van der Waals surface area contributed by atoms with E-state index in [4.69, 9.17) is 0 Å². The standard InChI is InChI=1S/C21H22N4O4S/c26-20-12-11-19(23-25(20)17-8-2-1-3-9-17)21(27)22-16-7-6-10-18(15-16)30(28,29)24-13-4-5-14-24/h1-3,6-10,15H,4-5,11-14H2,(H,22,27). The van der Waals surface area contributed by atoms with Crippen molar-refractivity contribution in [2.24, 2.45) is 5.10 Å². The summed E-state index contributed by atoms with van der Waals surface area (Å²) >= 11 is 0. The maximum atomic E-state index is 12.8. The third kappa shape index (κ3) is 4.12. The van der Waals surface area contributed by atoms with Crippen molar-refractivity contribution in [1.82, 2.24) is 4.31 Å². The Labute approximate surface area is 175 Å². The lowest BCUT2D eigenvalue weighted by atomic mass is 10.1. The van der Waals surface area contributed by atoms with Gasteiger partial charge in [-0.25, -0.2) is 13.4 Å². The van der Waals surface area contributed by atoms with Crippen LogP contribution in [-0.2, 0) is 19.6 Å². The summed E-state index contributed by atoms with van der Waals surface area (Å²) in [4.78, 5) is 25.1. The minimum Gasteiger partial charge on any atom is -0.321 e. The van der Waals surface area contributed by atoms with E-state index >= 15 is 0 Å². The largest absolute Gasteiger partial charge is 0.321 e. The van der Waals surface area contributed by atoms with Crippen LogP contribution in [0.3, 0.4) is 0 Å². The van der Waals surface area contributed by atoms with Crippen LogP contribution in [0.1, 0.15) is 25.7 Å². The summed E-state index contributed by atoms with van der Waals surface area (Å²) in [7, 11) is -3.58. The number of nitrogens with one attached hydrogen (secondary N) is 1. The number of anilines is 2. The maximum absolute atomic E-state index is 12.8. The first-order chi connectivity index (χ1) is 14.4. The van der Waals surface area contributed by atoms with E-state index < -0.39 is 15.9 Å². The Hall–Kier alpha value is -3.04. The van der Waals surface area contributed by atoms with Crippen LogP contribution >= 0.6 is 0 Å². The van der Waals surface area contributed by atoms with Gasteiger partial charge in [0.2, 0.25) is 15.9 Å². The van der Waals surface area contributed by atoms with Crippen molar-refractivity contribution in [1.29, 1.82) is 0 Å². The van der Waals surface area contributed by atoms with Crippen LogP contribution in [0.25, 0.3) is 0 Å². The van der Waals surface area contributed by atoms with E-state index in [1.54, 1.807) is 36.4 Å². The van der Waals surface area contributed by atoms with Gasteiger partial charge in [0, 0.05) is 31.6 Å². The molecule has 2 aromatic carbocycles. The number of hydrogen-bond donors (Lipinski definition) is 1. The Balaban J connectivity index is 1.53. The molecule has 2 amide bonds. The highest BCUT2D eigenvalue weighted by Crippen LogP contribution is 2.24. The van der Waals surface area contributed by atoms with E-state index in [9.17, 15) is 18.0 Å². The molecular formula is C21H22N4O4S. The average Bonchev–Trinajstić information content (AvgIpc) is 3.31. The number of sulfonamides is 1. The second-order valence-electron chi connectivity index (χ2n) is 7.18. The molecule has 8 nitrogen and oxygen atoms in total. The lowest BCUT2D eigenvalue weighted by Gasteiger charge is -2.23. The molecule has 0 aliphatic carbocycles. The molecule has 9 heteroatoms. The SMILES string of the molecule is O=C(Nc1cccc(S(=O)(=O)N2CCCC2)c1)C1=NN(c2ccccc2)C(=O)CC1. The molecule has 2 heterocycles. The highest BCUT2D eigenvalue weighted by atomic mass is 32.2. The normalized spacial score (nSPS) is 17.7. The highest BCUT2D eigenvalue weighted by molar-refractivity contribution is 7.89. The predicted molar refractivity (Wildman–Crippen MR) is 114 cm³/mol. The molecule has 0 saturated carbocycles. The molecule has 0 unspecified atom stereocenters. The quantitative estimate of drug-likeness (QED) is 0.794. The summed E-state index contributed by atoms with van der Waals surface area (Å²) in [5.41, 5.74) is 1.17. The number of benzene rings is 2. The number of hydrazone groups is 1. The zero-order chi connectivity index (χ0) is 21.1. The maximum Gasteiger partial charge on any atom is 0.271 e. The third-order valence-electron chi connectivity index (χ3n) is 5.09. The van der Waals surface area contributed by atoms with E-state index in [-0.39, 0.29) is 29.4 Å². The number of nitrogens with zero attached hydrogens (tertiary/aromatic N) is 3. The molecule has 1 N–H and O–H groups in total. The number of para-hydroxylation sites is 1. The fraction of sp³-hybridized carbons (Fsp3) is 0.286. The summed E-state index contributed by atoms with van der Waals surface area (Å²) in [5, 5.41) is 8.17. The van der Waals surface area contributed by atoms with Crippen LogP contribution in [0.15, 0.2) is 64.6 Å². The molecule has 0 spiro atoms. The van der Waals surface area contributed by atoms with Gasteiger partial charge in [0.25, 0.3) is 5.91 Å². The molecule has 0 atom stereocenters. The molecule has 2 aromatic rings. The van der Waals surface area contributed by atoms with Crippen molar-refractivity contribution in [2.45, 2.75) is 30.6 Å². The van der Waals surface area contributed by atoms with Gasteiger partial charge in [-0.2, -0.15) is 9.41 Å². The van der Waals surface area contributed by atoms with Crippen molar-refractivity contribution in [3.63, 3.8) is 0 Å².